The van der Waals surface area contributed by atoms with Gasteiger partial charge >= 0.3 is 6.18 Å². The van der Waals surface area contributed by atoms with Crippen molar-refractivity contribution in [3.63, 3.8) is 0 Å². The summed E-state index contributed by atoms with van der Waals surface area (Å²) in [7, 11) is 0. The zero-order valence-electron chi connectivity index (χ0n) is 11.9. The number of carbonyl (C=O) groups excluding carboxylic acids is 1. The minimum Gasteiger partial charge on any atom is -0.348 e. The van der Waals surface area contributed by atoms with Crippen LogP contribution in [0.1, 0.15) is 27.0 Å². The summed E-state index contributed by atoms with van der Waals surface area (Å²) in [6.07, 6.45) is -4.54. The van der Waals surface area contributed by atoms with Crippen molar-refractivity contribution >= 4 is 29.1 Å². The number of rotatable bonds is 3. The van der Waals surface area contributed by atoms with E-state index in [0.29, 0.717) is 0 Å². The molecule has 0 atom stereocenters. The Hall–Kier alpha value is -2.23. The summed E-state index contributed by atoms with van der Waals surface area (Å²) in [5.41, 5.74) is -0.785. The number of halogens is 5. The molecule has 3 nitrogen and oxygen atoms in total. The lowest BCUT2D eigenvalue weighted by molar-refractivity contribution is -0.137. The molecule has 0 aliphatic carbocycles. The van der Waals surface area contributed by atoms with Gasteiger partial charge in [-0.05, 0) is 29.8 Å². The van der Waals surface area contributed by atoms with E-state index >= 15 is 0 Å². The van der Waals surface area contributed by atoms with Crippen molar-refractivity contribution in [2.75, 3.05) is 0 Å². The first-order valence-corrected chi connectivity index (χ1v) is 7.32. The number of alkyl halides is 3. The van der Waals surface area contributed by atoms with Crippen LogP contribution in [0.3, 0.4) is 0 Å². The van der Waals surface area contributed by atoms with Gasteiger partial charge in [-0.25, -0.2) is 0 Å². The lowest BCUT2D eigenvalue weighted by atomic mass is 10.0. The molecule has 0 bridgehead atoms. The Morgan fingerprint density at radius 3 is 2.33 bits per heavy atom. The molecule has 124 valence electrons. The van der Waals surface area contributed by atoms with Gasteiger partial charge in [0.1, 0.15) is 0 Å². The monoisotopic (exact) mass is 372 g/mol. The van der Waals surface area contributed by atoms with Crippen LogP contribution < -0.4 is 5.32 Å². The van der Waals surface area contributed by atoms with Gasteiger partial charge in [0.05, 0.1) is 32.8 Å². The molecule has 8 heteroatoms. The van der Waals surface area contributed by atoms with E-state index in [1.165, 1.54) is 12.1 Å². The average molecular weight is 373 g/mol. The predicted molar refractivity (Wildman–Crippen MR) is 83.8 cm³/mol. The summed E-state index contributed by atoms with van der Waals surface area (Å²) >= 11 is 11.8. The van der Waals surface area contributed by atoms with Gasteiger partial charge < -0.3 is 5.32 Å². The lowest BCUT2D eigenvalue weighted by Gasteiger charge is -2.11. The highest BCUT2D eigenvalue weighted by Crippen LogP contribution is 2.30. The molecule has 24 heavy (non-hydrogen) atoms. The van der Waals surface area contributed by atoms with Crippen molar-refractivity contribution in [3.8, 4) is 6.07 Å². The smallest absolute Gasteiger partial charge is 0.348 e. The molecule has 1 amide bonds. The third-order valence-corrected chi connectivity index (χ3v) is 3.82. The van der Waals surface area contributed by atoms with Gasteiger partial charge in [0, 0.05) is 6.54 Å². The Balaban J connectivity index is 2.21. The van der Waals surface area contributed by atoms with Crippen molar-refractivity contribution < 1.29 is 18.0 Å². The third-order valence-electron chi connectivity index (χ3n) is 3.19. The molecule has 0 saturated heterocycles. The molecular formula is C16H9Cl2F3N2O. The average Bonchev–Trinajstić information content (AvgIpc) is 2.51. The summed E-state index contributed by atoms with van der Waals surface area (Å²) in [5, 5.41) is 11.8. The van der Waals surface area contributed by atoms with Crippen LogP contribution in [-0.4, -0.2) is 5.91 Å². The Kier molecular flexibility index (Phi) is 5.37. The highest BCUT2D eigenvalue weighted by molar-refractivity contribution is 6.39. The fraction of sp³-hybridized carbons (Fsp3) is 0.125. The summed E-state index contributed by atoms with van der Waals surface area (Å²) in [6.45, 7) is -0.137. The highest BCUT2D eigenvalue weighted by atomic mass is 35.5. The lowest BCUT2D eigenvalue weighted by Crippen LogP contribution is -2.24. The maximum Gasteiger partial charge on any atom is 0.416 e. The SMILES string of the molecule is N#Cc1cc(C(F)(F)F)ccc1CNC(=O)c1c(Cl)cccc1Cl. The molecule has 0 fully saturated rings. The van der Waals surface area contributed by atoms with Crippen LogP contribution in [0.25, 0.3) is 0 Å². The van der Waals surface area contributed by atoms with Gasteiger partial charge in [-0.2, -0.15) is 18.4 Å². The largest absolute Gasteiger partial charge is 0.416 e. The molecule has 0 saturated carbocycles. The van der Waals surface area contributed by atoms with E-state index in [4.69, 9.17) is 28.5 Å². The van der Waals surface area contributed by atoms with Crippen LogP contribution in [-0.2, 0) is 12.7 Å². The molecular weight excluding hydrogens is 364 g/mol. The minimum absolute atomic E-state index is 0.0613. The topological polar surface area (TPSA) is 52.9 Å². The van der Waals surface area contributed by atoms with Crippen molar-refractivity contribution in [2.45, 2.75) is 12.7 Å². The van der Waals surface area contributed by atoms with Crippen LogP contribution in [0.2, 0.25) is 10.0 Å². The number of nitriles is 1. The molecule has 0 aliphatic rings. The molecule has 0 aliphatic heterocycles. The molecule has 2 aromatic carbocycles. The highest BCUT2D eigenvalue weighted by Gasteiger charge is 2.31. The molecule has 0 unspecified atom stereocenters. The number of nitrogens with one attached hydrogen (secondary N) is 1. The molecule has 0 aromatic heterocycles. The first kappa shape index (κ1) is 18.1. The molecule has 0 heterocycles. The molecule has 2 rings (SSSR count). The number of hydrogen-bond acceptors (Lipinski definition) is 2. The van der Waals surface area contributed by atoms with Crippen LogP contribution in [0.15, 0.2) is 36.4 Å². The number of amides is 1. The van der Waals surface area contributed by atoms with Gasteiger partial charge in [-0.1, -0.05) is 35.3 Å². The van der Waals surface area contributed by atoms with Gasteiger partial charge in [0.25, 0.3) is 5.91 Å². The zero-order chi connectivity index (χ0) is 17.9. The van der Waals surface area contributed by atoms with Crippen molar-refractivity contribution in [1.82, 2.24) is 5.32 Å². The molecule has 0 spiro atoms. The minimum atomic E-state index is -4.54. The second-order valence-electron chi connectivity index (χ2n) is 4.76. The van der Waals surface area contributed by atoms with E-state index in [2.05, 4.69) is 5.32 Å². The van der Waals surface area contributed by atoms with Crippen molar-refractivity contribution in [1.29, 1.82) is 5.26 Å². The van der Waals surface area contributed by atoms with E-state index < -0.39 is 17.6 Å². The van der Waals surface area contributed by atoms with Crippen LogP contribution >= 0.6 is 23.2 Å². The predicted octanol–water partition coefficient (Wildman–Crippen LogP) is 4.81. The van der Waals surface area contributed by atoms with Crippen LogP contribution in [0.4, 0.5) is 13.2 Å². The first-order valence-electron chi connectivity index (χ1n) is 6.56. The van der Waals surface area contributed by atoms with Crippen molar-refractivity contribution in [3.05, 3.63) is 68.7 Å². The number of benzene rings is 2. The summed E-state index contributed by atoms with van der Waals surface area (Å²) in [6, 6.07) is 8.98. The second kappa shape index (κ2) is 7.12. The number of carbonyl (C=O) groups is 1. The fourth-order valence-electron chi connectivity index (χ4n) is 1.99. The quantitative estimate of drug-likeness (QED) is 0.839. The van der Waals surface area contributed by atoms with E-state index in [0.717, 1.165) is 18.2 Å². The molecule has 0 radical (unpaired) electrons. The Morgan fingerprint density at radius 2 is 1.79 bits per heavy atom. The van der Waals surface area contributed by atoms with Gasteiger partial charge in [0.15, 0.2) is 0 Å². The van der Waals surface area contributed by atoms with E-state index in [9.17, 15) is 18.0 Å². The second-order valence-corrected chi connectivity index (χ2v) is 5.58. The van der Waals surface area contributed by atoms with Gasteiger partial charge in [0.2, 0.25) is 0 Å². The maximum atomic E-state index is 12.7. The van der Waals surface area contributed by atoms with Crippen LogP contribution in [0, 0.1) is 11.3 Å². The van der Waals surface area contributed by atoms with Crippen molar-refractivity contribution in [2.24, 2.45) is 0 Å². The summed E-state index contributed by atoms with van der Waals surface area (Å²) in [4.78, 5) is 12.1. The Bertz CT molecular complexity index is 809. The maximum absolute atomic E-state index is 12.7. The number of hydrogen-bond donors (Lipinski definition) is 1. The van der Waals surface area contributed by atoms with Gasteiger partial charge in [-0.15, -0.1) is 0 Å². The Morgan fingerprint density at radius 1 is 1.17 bits per heavy atom. The van der Waals surface area contributed by atoms with E-state index in [1.54, 1.807) is 12.1 Å². The summed E-state index contributed by atoms with van der Waals surface area (Å²) in [5.74, 6) is -0.589. The normalized spacial score (nSPS) is 11.0. The summed E-state index contributed by atoms with van der Waals surface area (Å²) < 4.78 is 38.0. The first-order chi connectivity index (χ1) is 11.2. The molecule has 1 N–H and O–H groups in total. The third kappa shape index (κ3) is 3.99. The fourth-order valence-corrected chi connectivity index (χ4v) is 2.56. The van der Waals surface area contributed by atoms with E-state index in [1.807, 2.05) is 0 Å². The van der Waals surface area contributed by atoms with Crippen LogP contribution in [0.5, 0.6) is 0 Å². The zero-order valence-corrected chi connectivity index (χ0v) is 13.4. The van der Waals surface area contributed by atoms with Gasteiger partial charge in [-0.3, -0.25) is 4.79 Å². The molecule has 2 aromatic rings. The number of nitrogens with zero attached hydrogens (tertiary/aromatic N) is 1. The van der Waals surface area contributed by atoms with E-state index in [-0.39, 0.29) is 33.3 Å². The Labute approximate surface area is 145 Å². The standard InChI is InChI=1S/C16H9Cl2F3N2O/c17-12-2-1-3-13(18)14(12)15(24)23-8-9-4-5-11(16(19,20)21)6-10(9)7-22/h1-6H,8H2,(H,23,24).